The second-order valence-corrected chi connectivity index (χ2v) is 10.1. The van der Waals surface area contributed by atoms with Gasteiger partial charge in [0.05, 0.1) is 30.3 Å². The molecule has 1 aromatic heterocycles. The number of hydrogen-bond donors (Lipinski definition) is 1. The molecule has 204 valence electrons. The number of aromatic nitrogens is 1. The van der Waals surface area contributed by atoms with Crippen molar-refractivity contribution in [2.45, 2.75) is 39.5 Å². The van der Waals surface area contributed by atoms with Crippen LogP contribution in [0.4, 0.5) is 0 Å². The third kappa shape index (κ3) is 6.26. The fourth-order valence-electron chi connectivity index (χ4n) is 4.60. The lowest BCUT2D eigenvalue weighted by molar-refractivity contribution is -0.139. The predicted molar refractivity (Wildman–Crippen MR) is 155 cm³/mol. The molecule has 2 aliphatic rings. The van der Waals surface area contributed by atoms with Gasteiger partial charge in [-0.05, 0) is 54.1 Å². The quantitative estimate of drug-likeness (QED) is 0.331. The number of hydrogen-bond acceptors (Lipinski definition) is 8. The summed E-state index contributed by atoms with van der Waals surface area (Å²) in [6, 6.07) is 20.9. The van der Waals surface area contributed by atoms with Crippen LogP contribution in [0.1, 0.15) is 43.0 Å². The lowest BCUT2D eigenvalue weighted by atomic mass is 9.93. The van der Waals surface area contributed by atoms with Crippen LogP contribution in [0.3, 0.4) is 0 Å². The van der Waals surface area contributed by atoms with Crippen LogP contribution >= 0.6 is 11.8 Å². The van der Waals surface area contributed by atoms with Crippen LogP contribution in [0.15, 0.2) is 106 Å². The Morgan fingerprint density at radius 2 is 1.88 bits per heavy atom. The van der Waals surface area contributed by atoms with E-state index >= 15 is 0 Å². The Morgan fingerprint density at radius 3 is 2.65 bits per heavy atom. The Bertz CT molecular complexity index is 1470. The van der Waals surface area contributed by atoms with Gasteiger partial charge in [-0.1, -0.05) is 60.3 Å². The number of pyridine rings is 1. The SMILES string of the molecule is CCOC(=O)C1=C(C)N=C2SC=C(CC(=O)NCc3cccnc3)N2[C@H]1c1cccc(OCc2ccccc2)c1. The zero-order valence-electron chi connectivity index (χ0n) is 22.4. The maximum absolute atomic E-state index is 13.2. The molecule has 1 amide bonds. The van der Waals surface area contributed by atoms with Crippen molar-refractivity contribution in [2.24, 2.45) is 4.99 Å². The highest BCUT2D eigenvalue weighted by atomic mass is 32.2. The van der Waals surface area contributed by atoms with Crippen molar-refractivity contribution in [3.05, 3.63) is 118 Å². The average Bonchev–Trinajstić information content (AvgIpc) is 3.37. The number of nitrogens with one attached hydrogen (secondary N) is 1. The first-order valence-electron chi connectivity index (χ1n) is 13.1. The third-order valence-electron chi connectivity index (χ3n) is 6.47. The van der Waals surface area contributed by atoms with E-state index in [9.17, 15) is 9.59 Å². The highest BCUT2D eigenvalue weighted by molar-refractivity contribution is 8.16. The first-order chi connectivity index (χ1) is 19.5. The molecule has 1 N–H and O–H groups in total. The van der Waals surface area contributed by atoms with Gasteiger partial charge in [-0.2, -0.15) is 0 Å². The van der Waals surface area contributed by atoms with E-state index in [1.165, 1.54) is 11.8 Å². The van der Waals surface area contributed by atoms with E-state index in [1.807, 2.05) is 84.0 Å². The lowest BCUT2D eigenvalue weighted by Gasteiger charge is -2.36. The van der Waals surface area contributed by atoms with E-state index < -0.39 is 12.0 Å². The van der Waals surface area contributed by atoms with Gasteiger partial charge in [0.15, 0.2) is 5.17 Å². The molecule has 3 heterocycles. The van der Waals surface area contributed by atoms with Gasteiger partial charge in [0.25, 0.3) is 0 Å². The van der Waals surface area contributed by atoms with E-state index in [0.717, 1.165) is 22.4 Å². The fourth-order valence-corrected chi connectivity index (χ4v) is 5.56. The smallest absolute Gasteiger partial charge is 0.338 e. The van der Waals surface area contributed by atoms with Crippen molar-refractivity contribution in [3.63, 3.8) is 0 Å². The molecule has 1 atom stereocenters. The van der Waals surface area contributed by atoms with Crippen molar-refractivity contribution >= 4 is 28.8 Å². The van der Waals surface area contributed by atoms with Crippen molar-refractivity contribution in [1.82, 2.24) is 15.2 Å². The number of carbonyl (C=O) groups excluding carboxylic acids is 2. The van der Waals surface area contributed by atoms with Gasteiger partial charge in [0, 0.05) is 24.6 Å². The predicted octanol–water partition coefficient (Wildman–Crippen LogP) is 5.51. The molecule has 0 saturated heterocycles. The van der Waals surface area contributed by atoms with Gasteiger partial charge >= 0.3 is 5.97 Å². The Morgan fingerprint density at radius 1 is 1.05 bits per heavy atom. The summed E-state index contributed by atoms with van der Waals surface area (Å²) in [5.74, 6) is 0.109. The standard InChI is InChI=1S/C31H30N4O4S/c1-3-38-30(37)28-21(2)34-31-35(25(20-40-31)16-27(36)33-18-23-11-8-14-32-17-23)29(28)24-12-7-13-26(15-24)39-19-22-9-5-4-6-10-22/h4-15,17,20,29H,3,16,18-19H2,1-2H3,(H,33,36)/t29-/m0/s1. The van der Waals surface area contributed by atoms with Gasteiger partial charge in [0.1, 0.15) is 12.4 Å². The van der Waals surface area contributed by atoms with Gasteiger partial charge < -0.3 is 19.7 Å². The summed E-state index contributed by atoms with van der Waals surface area (Å²) in [7, 11) is 0. The van der Waals surface area contributed by atoms with Crippen molar-refractivity contribution in [2.75, 3.05) is 6.61 Å². The maximum Gasteiger partial charge on any atom is 0.338 e. The second-order valence-electron chi connectivity index (χ2n) is 9.28. The number of ether oxygens (including phenoxy) is 2. The zero-order valence-corrected chi connectivity index (χ0v) is 23.2. The molecule has 2 aromatic carbocycles. The van der Waals surface area contributed by atoms with Crippen LogP contribution in [-0.2, 0) is 27.5 Å². The van der Waals surface area contributed by atoms with Crippen LogP contribution in [0.5, 0.6) is 5.75 Å². The van der Waals surface area contributed by atoms with Crippen molar-refractivity contribution < 1.29 is 19.1 Å². The molecule has 5 rings (SSSR count). The van der Waals surface area contributed by atoms with Crippen molar-refractivity contribution in [3.8, 4) is 5.75 Å². The molecular formula is C31H30N4O4S. The molecule has 0 unspecified atom stereocenters. The number of nitrogens with zero attached hydrogens (tertiary/aromatic N) is 3. The summed E-state index contributed by atoms with van der Waals surface area (Å²) in [6.07, 6.45) is 3.55. The summed E-state index contributed by atoms with van der Waals surface area (Å²) < 4.78 is 11.6. The van der Waals surface area contributed by atoms with Crippen LogP contribution < -0.4 is 10.1 Å². The highest BCUT2D eigenvalue weighted by Crippen LogP contribution is 2.45. The summed E-state index contributed by atoms with van der Waals surface area (Å²) in [5.41, 5.74) is 4.59. The topological polar surface area (TPSA) is 93.1 Å². The second kappa shape index (κ2) is 12.7. The number of allylic oxidation sites excluding steroid dienone is 1. The number of carbonyl (C=O) groups is 2. The molecule has 2 aliphatic heterocycles. The molecule has 0 aliphatic carbocycles. The minimum Gasteiger partial charge on any atom is -0.489 e. The Balaban J connectivity index is 1.41. The summed E-state index contributed by atoms with van der Waals surface area (Å²) in [6.45, 7) is 4.64. The lowest BCUT2D eigenvalue weighted by Crippen LogP contribution is -2.38. The molecule has 0 spiro atoms. The van der Waals surface area contributed by atoms with E-state index in [1.54, 1.807) is 19.3 Å². The number of aliphatic imine (C=N–C) groups is 1. The number of fused-ring (bicyclic) bond motifs is 1. The molecule has 0 bridgehead atoms. The van der Waals surface area contributed by atoms with E-state index in [0.29, 0.717) is 35.3 Å². The minimum absolute atomic E-state index is 0.127. The number of benzene rings is 2. The summed E-state index contributed by atoms with van der Waals surface area (Å²) in [4.78, 5) is 37.0. The zero-order chi connectivity index (χ0) is 27.9. The molecule has 0 radical (unpaired) electrons. The third-order valence-corrected chi connectivity index (χ3v) is 7.36. The minimum atomic E-state index is -0.529. The molecule has 0 saturated carbocycles. The first kappa shape index (κ1) is 27.2. The first-order valence-corrected chi connectivity index (χ1v) is 13.9. The Kier molecular flexibility index (Phi) is 8.61. The number of esters is 1. The van der Waals surface area contributed by atoms with E-state index in [4.69, 9.17) is 14.5 Å². The summed E-state index contributed by atoms with van der Waals surface area (Å²) >= 11 is 1.44. The van der Waals surface area contributed by atoms with Gasteiger partial charge in [-0.25, -0.2) is 9.79 Å². The summed E-state index contributed by atoms with van der Waals surface area (Å²) in [5, 5.41) is 5.59. The largest absolute Gasteiger partial charge is 0.489 e. The number of thioether (sulfide) groups is 1. The van der Waals surface area contributed by atoms with Gasteiger partial charge in [-0.15, -0.1) is 0 Å². The molecule has 40 heavy (non-hydrogen) atoms. The van der Waals surface area contributed by atoms with Crippen LogP contribution in [0.25, 0.3) is 0 Å². The van der Waals surface area contributed by atoms with E-state index in [-0.39, 0.29) is 18.9 Å². The van der Waals surface area contributed by atoms with Crippen LogP contribution in [0, 0.1) is 0 Å². The van der Waals surface area contributed by atoms with Crippen molar-refractivity contribution in [1.29, 1.82) is 0 Å². The average molecular weight is 555 g/mol. The monoisotopic (exact) mass is 554 g/mol. The Hall–Kier alpha value is -4.37. The maximum atomic E-state index is 13.2. The van der Waals surface area contributed by atoms with Crippen LogP contribution in [-0.4, -0.2) is 33.5 Å². The molecular weight excluding hydrogens is 524 g/mol. The van der Waals surface area contributed by atoms with Gasteiger partial charge in [-0.3, -0.25) is 9.78 Å². The molecule has 8 nitrogen and oxygen atoms in total. The highest BCUT2D eigenvalue weighted by Gasteiger charge is 2.41. The normalized spacial score (nSPS) is 16.1. The fraction of sp³-hybridized carbons (Fsp3) is 0.226. The molecule has 3 aromatic rings. The number of rotatable bonds is 10. The number of amidine groups is 1. The van der Waals surface area contributed by atoms with Crippen LogP contribution in [0.2, 0.25) is 0 Å². The molecule has 9 heteroatoms. The Labute approximate surface area is 237 Å². The molecule has 0 fully saturated rings. The number of amides is 1. The van der Waals surface area contributed by atoms with Gasteiger partial charge in [0.2, 0.25) is 5.91 Å². The van der Waals surface area contributed by atoms with E-state index in [2.05, 4.69) is 10.3 Å².